The molecule has 0 unspecified atom stereocenters. The molecule has 1 amide bonds. The number of morpholine rings is 1. The van der Waals surface area contributed by atoms with E-state index in [4.69, 9.17) is 4.74 Å². The lowest BCUT2D eigenvalue weighted by Gasteiger charge is -2.33. The highest BCUT2D eigenvalue weighted by Crippen LogP contribution is 2.18. The average molecular weight is 260 g/mol. The molecule has 0 spiro atoms. The van der Waals surface area contributed by atoms with E-state index in [1.807, 2.05) is 24.0 Å². The van der Waals surface area contributed by atoms with Gasteiger partial charge < -0.3 is 15.0 Å². The van der Waals surface area contributed by atoms with Crippen molar-refractivity contribution in [3.05, 3.63) is 34.9 Å². The maximum absolute atomic E-state index is 12.5. The van der Waals surface area contributed by atoms with Gasteiger partial charge in [-0.2, -0.15) is 0 Å². The zero-order valence-corrected chi connectivity index (χ0v) is 11.3. The summed E-state index contributed by atoms with van der Waals surface area (Å²) in [5.41, 5.74) is 3.43. The molecular formula is C15H20N2O2. The van der Waals surface area contributed by atoms with Crippen molar-refractivity contribution in [2.45, 2.75) is 25.9 Å². The van der Waals surface area contributed by atoms with Crippen molar-refractivity contribution in [3.63, 3.8) is 0 Å². The Morgan fingerprint density at radius 2 is 2.32 bits per heavy atom. The third-order valence-electron chi connectivity index (χ3n) is 3.97. The fourth-order valence-electron chi connectivity index (χ4n) is 2.81. The maximum atomic E-state index is 12.5. The fourth-order valence-corrected chi connectivity index (χ4v) is 2.81. The second-order valence-electron chi connectivity index (χ2n) is 5.33. The normalized spacial score (nSPS) is 23.0. The van der Waals surface area contributed by atoms with Crippen molar-refractivity contribution in [2.24, 2.45) is 0 Å². The number of fused-ring (bicyclic) bond motifs is 1. The number of hydrogen-bond acceptors (Lipinski definition) is 3. The molecule has 2 aliphatic heterocycles. The van der Waals surface area contributed by atoms with E-state index in [2.05, 4.69) is 11.4 Å². The summed E-state index contributed by atoms with van der Waals surface area (Å²) in [4.78, 5) is 14.5. The van der Waals surface area contributed by atoms with Gasteiger partial charge in [0.25, 0.3) is 5.91 Å². The summed E-state index contributed by atoms with van der Waals surface area (Å²) < 4.78 is 5.38. The molecule has 1 aromatic rings. The third kappa shape index (κ3) is 2.51. The largest absolute Gasteiger partial charge is 0.377 e. The van der Waals surface area contributed by atoms with Crippen molar-refractivity contribution < 1.29 is 9.53 Å². The molecule has 2 heterocycles. The van der Waals surface area contributed by atoms with Gasteiger partial charge in [-0.25, -0.2) is 0 Å². The monoisotopic (exact) mass is 260 g/mol. The first-order chi connectivity index (χ1) is 9.25. The molecule has 1 atom stereocenters. The minimum Gasteiger partial charge on any atom is -0.377 e. The van der Waals surface area contributed by atoms with Crippen molar-refractivity contribution in [1.29, 1.82) is 0 Å². The van der Waals surface area contributed by atoms with Crippen molar-refractivity contribution >= 4 is 5.91 Å². The molecule has 1 N–H and O–H groups in total. The molecular weight excluding hydrogens is 240 g/mol. The highest BCUT2D eigenvalue weighted by molar-refractivity contribution is 5.94. The van der Waals surface area contributed by atoms with E-state index in [1.165, 1.54) is 11.1 Å². The predicted molar refractivity (Wildman–Crippen MR) is 73.2 cm³/mol. The molecule has 19 heavy (non-hydrogen) atoms. The summed E-state index contributed by atoms with van der Waals surface area (Å²) in [7, 11) is 0. The molecule has 0 aliphatic carbocycles. The summed E-state index contributed by atoms with van der Waals surface area (Å²) in [6.07, 6.45) is 1.05. The number of hydrogen-bond donors (Lipinski definition) is 1. The van der Waals surface area contributed by atoms with Crippen LogP contribution in [0.2, 0.25) is 0 Å². The Labute approximate surface area is 113 Å². The number of rotatable bonds is 1. The molecule has 0 radical (unpaired) electrons. The van der Waals surface area contributed by atoms with Crippen LogP contribution in [-0.4, -0.2) is 43.2 Å². The van der Waals surface area contributed by atoms with Gasteiger partial charge in [0, 0.05) is 18.7 Å². The predicted octanol–water partition coefficient (Wildman–Crippen LogP) is 1.19. The molecule has 4 nitrogen and oxygen atoms in total. The summed E-state index contributed by atoms with van der Waals surface area (Å²) in [6.45, 7) is 5.91. The fraction of sp³-hybridized carbons (Fsp3) is 0.533. The number of carbonyl (C=O) groups excluding carboxylic acids is 1. The maximum Gasteiger partial charge on any atom is 0.254 e. The standard InChI is InChI=1S/C15H20N2O2/c1-11-10-19-7-6-17(11)15(18)13-3-2-12-4-5-16-9-14(12)8-13/h2-3,8,11,16H,4-7,9-10H2,1H3/t11-/m1/s1. The first-order valence-corrected chi connectivity index (χ1v) is 6.97. The van der Waals surface area contributed by atoms with Gasteiger partial charge in [0.15, 0.2) is 0 Å². The lowest BCUT2D eigenvalue weighted by molar-refractivity contribution is 0.00359. The van der Waals surface area contributed by atoms with Crippen LogP contribution in [0.25, 0.3) is 0 Å². The highest BCUT2D eigenvalue weighted by Gasteiger charge is 2.25. The van der Waals surface area contributed by atoms with Gasteiger partial charge in [0.05, 0.1) is 19.3 Å². The summed E-state index contributed by atoms with van der Waals surface area (Å²) in [6, 6.07) is 6.28. The van der Waals surface area contributed by atoms with Crippen LogP contribution in [0.3, 0.4) is 0 Å². The van der Waals surface area contributed by atoms with Crippen LogP contribution in [0, 0.1) is 0 Å². The Morgan fingerprint density at radius 3 is 3.16 bits per heavy atom. The van der Waals surface area contributed by atoms with Gasteiger partial charge in [0.2, 0.25) is 0 Å². The highest BCUT2D eigenvalue weighted by atomic mass is 16.5. The molecule has 102 valence electrons. The van der Waals surface area contributed by atoms with Crippen LogP contribution in [0.1, 0.15) is 28.4 Å². The van der Waals surface area contributed by atoms with E-state index in [0.29, 0.717) is 19.8 Å². The Balaban J connectivity index is 1.83. The molecule has 1 fully saturated rings. The van der Waals surface area contributed by atoms with Gasteiger partial charge >= 0.3 is 0 Å². The van der Waals surface area contributed by atoms with E-state index in [9.17, 15) is 4.79 Å². The van der Waals surface area contributed by atoms with Gasteiger partial charge in [-0.1, -0.05) is 6.07 Å². The third-order valence-corrected chi connectivity index (χ3v) is 3.97. The SMILES string of the molecule is C[C@@H]1COCCN1C(=O)c1ccc2c(c1)CNCC2. The first kappa shape index (κ1) is 12.6. The molecule has 1 aromatic carbocycles. The molecule has 1 saturated heterocycles. The zero-order valence-electron chi connectivity index (χ0n) is 11.3. The second kappa shape index (κ2) is 5.31. The van der Waals surface area contributed by atoms with Gasteiger partial charge in [0.1, 0.15) is 0 Å². The van der Waals surface area contributed by atoms with Crippen LogP contribution >= 0.6 is 0 Å². The van der Waals surface area contributed by atoms with Crippen LogP contribution in [0.5, 0.6) is 0 Å². The smallest absolute Gasteiger partial charge is 0.254 e. The number of amides is 1. The van der Waals surface area contributed by atoms with Crippen molar-refractivity contribution in [2.75, 3.05) is 26.3 Å². The van der Waals surface area contributed by atoms with Crippen molar-refractivity contribution in [1.82, 2.24) is 10.2 Å². The number of benzene rings is 1. The average Bonchev–Trinajstić information content (AvgIpc) is 2.46. The van der Waals surface area contributed by atoms with E-state index < -0.39 is 0 Å². The lowest BCUT2D eigenvalue weighted by Crippen LogP contribution is -2.47. The van der Waals surface area contributed by atoms with Crippen LogP contribution in [0.4, 0.5) is 0 Å². The second-order valence-corrected chi connectivity index (χ2v) is 5.33. The molecule has 3 rings (SSSR count). The zero-order chi connectivity index (χ0) is 13.2. The molecule has 0 saturated carbocycles. The summed E-state index contributed by atoms with van der Waals surface area (Å²) in [5.74, 6) is 0.129. The molecule has 2 aliphatic rings. The first-order valence-electron chi connectivity index (χ1n) is 6.97. The number of ether oxygens (including phenoxy) is 1. The van der Waals surface area contributed by atoms with E-state index in [-0.39, 0.29) is 11.9 Å². The Kier molecular flexibility index (Phi) is 3.53. The van der Waals surface area contributed by atoms with Crippen molar-refractivity contribution in [3.8, 4) is 0 Å². The van der Waals surface area contributed by atoms with E-state index >= 15 is 0 Å². The minimum atomic E-state index is 0.129. The molecule has 4 heteroatoms. The number of carbonyl (C=O) groups is 1. The summed E-state index contributed by atoms with van der Waals surface area (Å²) in [5, 5.41) is 3.35. The van der Waals surface area contributed by atoms with Crippen LogP contribution < -0.4 is 5.32 Å². The Bertz CT molecular complexity index is 487. The number of nitrogens with zero attached hydrogens (tertiary/aromatic N) is 1. The van der Waals surface area contributed by atoms with Crippen LogP contribution in [-0.2, 0) is 17.7 Å². The van der Waals surface area contributed by atoms with Gasteiger partial charge in [-0.3, -0.25) is 4.79 Å². The molecule has 0 bridgehead atoms. The Morgan fingerprint density at radius 1 is 1.42 bits per heavy atom. The summed E-state index contributed by atoms with van der Waals surface area (Å²) >= 11 is 0. The van der Waals surface area contributed by atoms with E-state index in [1.54, 1.807) is 0 Å². The lowest BCUT2D eigenvalue weighted by atomic mass is 9.98. The van der Waals surface area contributed by atoms with Crippen LogP contribution in [0.15, 0.2) is 18.2 Å². The van der Waals surface area contributed by atoms with Gasteiger partial charge in [-0.05, 0) is 43.1 Å². The minimum absolute atomic E-state index is 0.129. The quantitative estimate of drug-likeness (QED) is 0.825. The van der Waals surface area contributed by atoms with E-state index in [0.717, 1.165) is 25.1 Å². The molecule has 0 aromatic heterocycles. The number of nitrogens with one attached hydrogen (secondary N) is 1. The topological polar surface area (TPSA) is 41.6 Å². The Hall–Kier alpha value is -1.39. The van der Waals surface area contributed by atoms with Gasteiger partial charge in [-0.15, -0.1) is 0 Å².